The van der Waals surface area contributed by atoms with E-state index in [-0.39, 0.29) is 5.43 Å². The number of ether oxygens (including phenoxy) is 2. The van der Waals surface area contributed by atoms with E-state index >= 15 is 0 Å². The second-order valence-corrected chi connectivity index (χ2v) is 7.10. The van der Waals surface area contributed by atoms with Crippen LogP contribution in [0.2, 0.25) is 0 Å². The van der Waals surface area contributed by atoms with Gasteiger partial charge < -0.3 is 18.3 Å². The molecule has 0 saturated carbocycles. The molecule has 5 nitrogen and oxygen atoms in total. The van der Waals surface area contributed by atoms with Gasteiger partial charge in [0.1, 0.15) is 16.9 Å². The maximum absolute atomic E-state index is 12.7. The lowest BCUT2D eigenvalue weighted by Crippen LogP contribution is -2.07. The molecule has 0 radical (unpaired) electrons. The summed E-state index contributed by atoms with van der Waals surface area (Å²) in [6.07, 6.45) is 5.67. The molecule has 0 aliphatic carbocycles. The molecule has 2 heterocycles. The van der Waals surface area contributed by atoms with Crippen molar-refractivity contribution in [1.82, 2.24) is 0 Å². The molecule has 0 amide bonds. The molecule has 0 aliphatic heterocycles. The summed E-state index contributed by atoms with van der Waals surface area (Å²) >= 11 is 0. The van der Waals surface area contributed by atoms with E-state index in [4.69, 9.17) is 18.3 Å². The summed E-state index contributed by atoms with van der Waals surface area (Å²) in [7, 11) is 1.53. The average Bonchev–Trinajstić information content (AvgIpc) is 3.20. The smallest absolute Gasteiger partial charge is 0.206 e. The molecule has 0 fully saturated rings. The Hall–Kier alpha value is -3.21. The Kier molecular flexibility index (Phi) is 5.56. The van der Waals surface area contributed by atoms with Gasteiger partial charge in [0.25, 0.3) is 0 Å². The largest absolute Gasteiger partial charge is 0.492 e. The highest BCUT2D eigenvalue weighted by Gasteiger charge is 2.22. The van der Waals surface area contributed by atoms with Crippen molar-refractivity contribution >= 4 is 21.9 Å². The van der Waals surface area contributed by atoms with Crippen LogP contribution in [-0.4, -0.2) is 13.7 Å². The Morgan fingerprint density at radius 2 is 1.79 bits per heavy atom. The van der Waals surface area contributed by atoms with Gasteiger partial charge in [-0.3, -0.25) is 4.79 Å². The fourth-order valence-corrected chi connectivity index (χ4v) is 3.65. The summed E-state index contributed by atoms with van der Waals surface area (Å²) in [4.78, 5) is 12.7. The third kappa shape index (κ3) is 3.86. The van der Waals surface area contributed by atoms with Gasteiger partial charge in [-0.15, -0.1) is 0 Å². The van der Waals surface area contributed by atoms with E-state index < -0.39 is 0 Å². The second-order valence-electron chi connectivity index (χ2n) is 7.10. The van der Waals surface area contributed by atoms with Crippen molar-refractivity contribution in [3.8, 4) is 11.5 Å². The van der Waals surface area contributed by atoms with Crippen LogP contribution in [0.4, 0.5) is 0 Å². The third-order valence-corrected chi connectivity index (χ3v) is 5.02. The predicted molar refractivity (Wildman–Crippen MR) is 113 cm³/mol. The van der Waals surface area contributed by atoms with Gasteiger partial charge in [-0.1, -0.05) is 30.3 Å². The summed E-state index contributed by atoms with van der Waals surface area (Å²) in [6, 6.07) is 13.7. The van der Waals surface area contributed by atoms with Gasteiger partial charge in [0, 0.05) is 6.07 Å². The van der Waals surface area contributed by atoms with Crippen LogP contribution >= 0.6 is 0 Å². The molecule has 0 saturated heterocycles. The van der Waals surface area contributed by atoms with Crippen LogP contribution < -0.4 is 14.9 Å². The van der Waals surface area contributed by atoms with E-state index in [9.17, 15) is 4.79 Å². The van der Waals surface area contributed by atoms with Crippen molar-refractivity contribution < 1.29 is 18.3 Å². The molecule has 0 aliphatic rings. The average molecular weight is 392 g/mol. The van der Waals surface area contributed by atoms with Gasteiger partial charge in [0.05, 0.1) is 25.4 Å². The molecule has 29 heavy (non-hydrogen) atoms. The highest BCUT2D eigenvalue weighted by Crippen LogP contribution is 2.42. The summed E-state index contributed by atoms with van der Waals surface area (Å²) in [5.41, 5.74) is 2.08. The monoisotopic (exact) mass is 392 g/mol. The molecular formula is C24H24O5. The standard InChI is InChI=1S/C24H24O5/c1-16-15-19(25)20-21(18-12-14-28-22(18)24(26-2)23(20)29-16)27-13-8-4-7-11-17-9-5-3-6-10-17/h3,5-6,9-10,12,14-15H,4,7-8,11,13H2,1-2H3. The number of fused-ring (bicyclic) bond motifs is 2. The van der Waals surface area contributed by atoms with E-state index in [1.165, 1.54) is 18.7 Å². The Balaban J connectivity index is 1.53. The SMILES string of the molecule is COc1c2occc2c(OCCCCCc2ccccc2)c2c(=O)cc(C)oc12. The minimum absolute atomic E-state index is 0.149. The van der Waals surface area contributed by atoms with Crippen LogP contribution in [-0.2, 0) is 6.42 Å². The Morgan fingerprint density at radius 3 is 2.59 bits per heavy atom. The van der Waals surface area contributed by atoms with Crippen molar-refractivity contribution in [3.63, 3.8) is 0 Å². The lowest BCUT2D eigenvalue weighted by atomic mass is 10.1. The molecule has 0 unspecified atom stereocenters. The van der Waals surface area contributed by atoms with Gasteiger partial charge in [-0.2, -0.15) is 0 Å². The van der Waals surface area contributed by atoms with E-state index in [1.807, 2.05) is 6.07 Å². The Bertz CT molecular complexity index is 1170. The van der Waals surface area contributed by atoms with Gasteiger partial charge >= 0.3 is 0 Å². The zero-order valence-electron chi connectivity index (χ0n) is 16.7. The van der Waals surface area contributed by atoms with E-state index in [0.29, 0.717) is 40.4 Å². The Labute approximate surface area is 168 Å². The zero-order valence-corrected chi connectivity index (χ0v) is 16.7. The van der Waals surface area contributed by atoms with Crippen molar-refractivity contribution in [2.24, 2.45) is 0 Å². The summed E-state index contributed by atoms with van der Waals surface area (Å²) in [5, 5.41) is 1.11. The minimum atomic E-state index is -0.149. The molecular weight excluding hydrogens is 368 g/mol. The van der Waals surface area contributed by atoms with Crippen LogP contribution in [0.5, 0.6) is 11.5 Å². The van der Waals surface area contributed by atoms with Gasteiger partial charge in [0.2, 0.25) is 5.75 Å². The van der Waals surface area contributed by atoms with Crippen LogP contribution in [0.3, 0.4) is 0 Å². The maximum Gasteiger partial charge on any atom is 0.206 e. The fourth-order valence-electron chi connectivity index (χ4n) is 3.65. The lowest BCUT2D eigenvalue weighted by Gasteiger charge is -2.13. The number of hydrogen-bond donors (Lipinski definition) is 0. The van der Waals surface area contributed by atoms with Crippen molar-refractivity contribution in [2.45, 2.75) is 32.6 Å². The van der Waals surface area contributed by atoms with E-state index in [1.54, 1.807) is 19.3 Å². The quantitative estimate of drug-likeness (QED) is 0.363. The molecule has 4 rings (SSSR count). The summed E-state index contributed by atoms with van der Waals surface area (Å²) < 4.78 is 23.0. The van der Waals surface area contributed by atoms with Gasteiger partial charge in [-0.25, -0.2) is 0 Å². The molecule has 0 atom stereocenters. The first-order valence-electron chi connectivity index (χ1n) is 9.87. The zero-order chi connectivity index (χ0) is 20.2. The van der Waals surface area contributed by atoms with E-state index in [0.717, 1.165) is 31.1 Å². The number of rotatable bonds is 8. The topological polar surface area (TPSA) is 61.8 Å². The maximum atomic E-state index is 12.7. The van der Waals surface area contributed by atoms with Crippen LogP contribution in [0.15, 0.2) is 62.4 Å². The highest BCUT2D eigenvalue weighted by molar-refractivity contribution is 6.06. The molecule has 150 valence electrons. The molecule has 4 aromatic rings. The first-order chi connectivity index (χ1) is 14.2. The number of unbranched alkanes of at least 4 members (excludes halogenated alkanes) is 2. The minimum Gasteiger partial charge on any atom is -0.492 e. The van der Waals surface area contributed by atoms with Crippen molar-refractivity contribution in [3.05, 3.63) is 70.3 Å². The lowest BCUT2D eigenvalue weighted by molar-refractivity contribution is 0.311. The first-order valence-corrected chi connectivity index (χ1v) is 9.87. The van der Waals surface area contributed by atoms with Gasteiger partial charge in [0.15, 0.2) is 16.6 Å². The predicted octanol–water partition coefficient (Wildman–Crippen LogP) is 5.65. The number of benzene rings is 2. The molecule has 0 bridgehead atoms. The molecule has 0 N–H and O–H groups in total. The van der Waals surface area contributed by atoms with Crippen LogP contribution in [0.1, 0.15) is 30.6 Å². The fraction of sp³-hybridized carbons (Fsp3) is 0.292. The molecule has 2 aromatic heterocycles. The van der Waals surface area contributed by atoms with Crippen molar-refractivity contribution in [2.75, 3.05) is 13.7 Å². The first kappa shape index (κ1) is 19.1. The number of aryl methyl sites for hydroxylation is 2. The molecule has 0 spiro atoms. The van der Waals surface area contributed by atoms with Gasteiger partial charge in [-0.05, 0) is 44.2 Å². The number of hydrogen-bond acceptors (Lipinski definition) is 5. The normalized spacial score (nSPS) is 11.2. The van der Waals surface area contributed by atoms with Crippen molar-refractivity contribution in [1.29, 1.82) is 0 Å². The van der Waals surface area contributed by atoms with Crippen LogP contribution in [0, 0.1) is 6.92 Å². The molecule has 5 heteroatoms. The van der Waals surface area contributed by atoms with E-state index in [2.05, 4.69) is 24.3 Å². The second kappa shape index (κ2) is 8.43. The third-order valence-electron chi connectivity index (χ3n) is 5.02. The highest BCUT2D eigenvalue weighted by atomic mass is 16.5. The number of methoxy groups -OCH3 is 1. The summed E-state index contributed by atoms with van der Waals surface area (Å²) in [5.74, 6) is 1.43. The summed E-state index contributed by atoms with van der Waals surface area (Å²) in [6.45, 7) is 2.25. The molecule has 2 aromatic carbocycles. The number of furan rings is 1. The Morgan fingerprint density at radius 1 is 0.966 bits per heavy atom. The van der Waals surface area contributed by atoms with Crippen LogP contribution in [0.25, 0.3) is 21.9 Å².